The molecule has 19 heavy (non-hydrogen) atoms. The van der Waals surface area contributed by atoms with Crippen molar-refractivity contribution in [2.45, 2.75) is 25.4 Å². The van der Waals surface area contributed by atoms with E-state index in [9.17, 15) is 13.2 Å². The Labute approximate surface area is 113 Å². The fourth-order valence-corrected chi connectivity index (χ4v) is 2.98. The molecule has 0 radical (unpaired) electrons. The highest BCUT2D eigenvalue weighted by molar-refractivity contribution is 7.88. The Bertz CT molecular complexity index is 538. The molecular weight excluding hydrogens is 264 g/mol. The minimum absolute atomic E-state index is 0.0116. The van der Waals surface area contributed by atoms with Crippen LogP contribution < -0.4 is 5.32 Å². The Hall–Kier alpha value is -1.40. The van der Waals surface area contributed by atoms with E-state index >= 15 is 0 Å². The van der Waals surface area contributed by atoms with E-state index in [0.717, 1.165) is 24.7 Å². The summed E-state index contributed by atoms with van der Waals surface area (Å²) in [6.07, 6.45) is 2.84. The largest absolute Gasteiger partial charge is 0.351 e. The van der Waals surface area contributed by atoms with E-state index in [1.807, 2.05) is 30.3 Å². The second-order valence-electron chi connectivity index (χ2n) is 4.80. The van der Waals surface area contributed by atoms with Gasteiger partial charge in [-0.05, 0) is 18.4 Å². The molecule has 1 saturated carbocycles. The van der Waals surface area contributed by atoms with Gasteiger partial charge < -0.3 is 5.32 Å². The summed E-state index contributed by atoms with van der Waals surface area (Å²) in [5.74, 6) is -0.263. The topological polar surface area (TPSA) is 66.5 Å². The van der Waals surface area contributed by atoms with Crippen LogP contribution in [0.1, 0.15) is 18.4 Å². The predicted molar refractivity (Wildman–Crippen MR) is 72.9 cm³/mol. The minimum atomic E-state index is -3.31. The van der Waals surface area contributed by atoms with Crippen LogP contribution in [0.4, 0.5) is 0 Å². The highest BCUT2D eigenvalue weighted by Crippen LogP contribution is 2.28. The third-order valence-corrected chi connectivity index (χ3v) is 4.29. The quantitative estimate of drug-likeness (QED) is 0.836. The first-order chi connectivity index (χ1) is 8.97. The molecule has 0 unspecified atom stereocenters. The van der Waals surface area contributed by atoms with Gasteiger partial charge in [0.15, 0.2) is 0 Å². The summed E-state index contributed by atoms with van der Waals surface area (Å²) >= 11 is 0. The molecule has 0 aromatic heterocycles. The molecule has 0 saturated heterocycles. The molecule has 0 bridgehead atoms. The number of nitrogens with zero attached hydrogens (tertiary/aromatic N) is 1. The number of hydrogen-bond acceptors (Lipinski definition) is 3. The number of amides is 1. The SMILES string of the molecule is CS(=O)(=O)N(CC(=O)NCc1ccccc1)C1CC1. The van der Waals surface area contributed by atoms with Crippen LogP contribution in [0.2, 0.25) is 0 Å². The molecule has 0 heterocycles. The van der Waals surface area contributed by atoms with Gasteiger partial charge in [-0.3, -0.25) is 4.79 Å². The zero-order chi connectivity index (χ0) is 13.9. The zero-order valence-electron chi connectivity index (χ0n) is 10.9. The summed E-state index contributed by atoms with van der Waals surface area (Å²) in [6.45, 7) is 0.332. The molecular formula is C13H18N2O3S. The average molecular weight is 282 g/mol. The van der Waals surface area contributed by atoms with Gasteiger partial charge in [-0.1, -0.05) is 30.3 Å². The van der Waals surface area contributed by atoms with E-state index in [1.54, 1.807) is 0 Å². The summed E-state index contributed by atoms with van der Waals surface area (Å²) in [6, 6.07) is 9.54. The van der Waals surface area contributed by atoms with Crippen LogP contribution in [0, 0.1) is 0 Å². The van der Waals surface area contributed by atoms with Crippen molar-refractivity contribution in [2.75, 3.05) is 12.8 Å². The van der Waals surface area contributed by atoms with E-state index in [0.29, 0.717) is 6.54 Å². The first-order valence-corrected chi connectivity index (χ1v) is 8.09. The predicted octanol–water partition coefficient (Wildman–Crippen LogP) is 0.727. The standard InChI is InChI=1S/C13H18N2O3S/c1-19(17,18)15(12-7-8-12)10-13(16)14-9-11-5-3-2-4-6-11/h2-6,12H,7-10H2,1H3,(H,14,16). The lowest BCUT2D eigenvalue weighted by Crippen LogP contribution is -2.41. The van der Waals surface area contributed by atoms with Crippen molar-refractivity contribution in [2.24, 2.45) is 0 Å². The molecule has 1 aromatic rings. The Morgan fingerprint density at radius 3 is 2.47 bits per heavy atom. The summed E-state index contributed by atoms with van der Waals surface area (Å²) < 4.78 is 24.4. The summed E-state index contributed by atoms with van der Waals surface area (Å²) in [5, 5.41) is 2.74. The number of nitrogens with one attached hydrogen (secondary N) is 1. The van der Waals surface area contributed by atoms with Crippen LogP contribution in [-0.2, 0) is 21.4 Å². The normalized spacial score (nSPS) is 15.5. The van der Waals surface area contributed by atoms with Crippen LogP contribution in [0.3, 0.4) is 0 Å². The van der Waals surface area contributed by atoms with Crippen molar-refractivity contribution in [1.29, 1.82) is 0 Å². The molecule has 1 aromatic carbocycles. The molecule has 104 valence electrons. The van der Waals surface area contributed by atoms with Crippen LogP contribution in [-0.4, -0.2) is 37.5 Å². The van der Waals surface area contributed by atoms with Gasteiger partial charge in [0, 0.05) is 12.6 Å². The van der Waals surface area contributed by atoms with Crippen molar-refractivity contribution >= 4 is 15.9 Å². The molecule has 1 aliphatic carbocycles. The average Bonchev–Trinajstić information content (AvgIpc) is 3.17. The molecule has 1 amide bonds. The molecule has 0 spiro atoms. The van der Waals surface area contributed by atoms with E-state index in [1.165, 1.54) is 4.31 Å². The van der Waals surface area contributed by atoms with Crippen molar-refractivity contribution in [3.05, 3.63) is 35.9 Å². The summed E-state index contributed by atoms with van der Waals surface area (Å²) in [4.78, 5) is 11.8. The third kappa shape index (κ3) is 4.33. The fourth-order valence-electron chi connectivity index (χ4n) is 1.87. The highest BCUT2D eigenvalue weighted by atomic mass is 32.2. The molecule has 1 aliphatic rings. The first-order valence-electron chi connectivity index (χ1n) is 6.24. The molecule has 1 N–H and O–H groups in total. The van der Waals surface area contributed by atoms with Crippen molar-refractivity contribution in [1.82, 2.24) is 9.62 Å². The number of benzene rings is 1. The second kappa shape index (κ2) is 5.71. The van der Waals surface area contributed by atoms with Gasteiger partial charge in [-0.2, -0.15) is 4.31 Å². The van der Waals surface area contributed by atoms with Gasteiger partial charge in [0.1, 0.15) is 0 Å². The van der Waals surface area contributed by atoms with Gasteiger partial charge in [0.2, 0.25) is 15.9 Å². The number of rotatable bonds is 6. The lowest BCUT2D eigenvalue weighted by Gasteiger charge is -2.18. The Morgan fingerprint density at radius 2 is 1.95 bits per heavy atom. The number of hydrogen-bond donors (Lipinski definition) is 1. The zero-order valence-corrected chi connectivity index (χ0v) is 11.7. The van der Waals surface area contributed by atoms with E-state index in [4.69, 9.17) is 0 Å². The van der Waals surface area contributed by atoms with Crippen LogP contribution in [0.5, 0.6) is 0 Å². The van der Waals surface area contributed by atoms with Crippen molar-refractivity contribution in [3.8, 4) is 0 Å². The number of carbonyl (C=O) groups excluding carboxylic acids is 1. The van der Waals surface area contributed by atoms with Crippen LogP contribution in [0.15, 0.2) is 30.3 Å². The van der Waals surface area contributed by atoms with E-state index in [-0.39, 0.29) is 18.5 Å². The molecule has 2 rings (SSSR count). The number of carbonyl (C=O) groups is 1. The lowest BCUT2D eigenvalue weighted by molar-refractivity contribution is -0.121. The minimum Gasteiger partial charge on any atom is -0.351 e. The van der Waals surface area contributed by atoms with Gasteiger partial charge in [0.25, 0.3) is 0 Å². The van der Waals surface area contributed by atoms with Crippen LogP contribution in [0.25, 0.3) is 0 Å². The maximum absolute atomic E-state index is 11.8. The third-order valence-electron chi connectivity index (χ3n) is 3.01. The smallest absolute Gasteiger partial charge is 0.235 e. The summed E-state index contributed by atoms with van der Waals surface area (Å²) in [5.41, 5.74) is 0.994. The van der Waals surface area contributed by atoms with Crippen LogP contribution >= 0.6 is 0 Å². The summed E-state index contributed by atoms with van der Waals surface area (Å²) in [7, 11) is -3.31. The van der Waals surface area contributed by atoms with Crippen molar-refractivity contribution < 1.29 is 13.2 Å². The Balaban J connectivity index is 1.86. The molecule has 0 atom stereocenters. The fraction of sp³-hybridized carbons (Fsp3) is 0.462. The van der Waals surface area contributed by atoms with E-state index < -0.39 is 10.0 Å². The van der Waals surface area contributed by atoms with E-state index in [2.05, 4.69) is 5.32 Å². The molecule has 6 heteroatoms. The Kier molecular flexibility index (Phi) is 4.21. The molecule has 1 fully saturated rings. The maximum atomic E-state index is 11.8. The highest BCUT2D eigenvalue weighted by Gasteiger charge is 2.36. The van der Waals surface area contributed by atoms with Gasteiger partial charge in [-0.15, -0.1) is 0 Å². The Morgan fingerprint density at radius 1 is 1.32 bits per heavy atom. The van der Waals surface area contributed by atoms with Crippen molar-refractivity contribution in [3.63, 3.8) is 0 Å². The van der Waals surface area contributed by atoms with Gasteiger partial charge in [0.05, 0.1) is 12.8 Å². The maximum Gasteiger partial charge on any atom is 0.235 e. The van der Waals surface area contributed by atoms with Gasteiger partial charge in [-0.25, -0.2) is 8.42 Å². The molecule has 5 nitrogen and oxygen atoms in total. The first kappa shape index (κ1) is 14.0. The lowest BCUT2D eigenvalue weighted by atomic mass is 10.2. The van der Waals surface area contributed by atoms with Gasteiger partial charge >= 0.3 is 0 Å². The monoisotopic (exact) mass is 282 g/mol. The number of sulfonamides is 1. The molecule has 0 aliphatic heterocycles. The second-order valence-corrected chi connectivity index (χ2v) is 6.74.